The molecule has 0 atom stereocenters. The van der Waals surface area contributed by atoms with Gasteiger partial charge in [-0.15, -0.1) is 10.2 Å². The van der Waals surface area contributed by atoms with E-state index >= 15 is 0 Å². The number of hydrogen-bond acceptors (Lipinski definition) is 3. The first-order valence-corrected chi connectivity index (χ1v) is 8.01. The van der Waals surface area contributed by atoms with Gasteiger partial charge in [0.15, 0.2) is 0 Å². The maximum atomic E-state index is 12.0. The lowest BCUT2D eigenvalue weighted by molar-refractivity contribution is -0.120. The molecule has 1 aromatic heterocycles. The molecule has 3 rings (SSSR count). The van der Waals surface area contributed by atoms with Crippen LogP contribution in [0.1, 0.15) is 23.6 Å². The van der Waals surface area contributed by atoms with Gasteiger partial charge in [-0.25, -0.2) is 0 Å². The molecule has 1 N–H and O–H groups in total. The van der Waals surface area contributed by atoms with Crippen molar-refractivity contribution in [2.45, 2.75) is 32.2 Å². The van der Waals surface area contributed by atoms with Gasteiger partial charge in [-0.1, -0.05) is 29.3 Å². The van der Waals surface area contributed by atoms with Gasteiger partial charge in [0.25, 0.3) is 0 Å². The van der Waals surface area contributed by atoms with E-state index < -0.39 is 0 Å². The van der Waals surface area contributed by atoms with Crippen molar-refractivity contribution in [3.05, 3.63) is 45.5 Å². The van der Waals surface area contributed by atoms with Gasteiger partial charge in [-0.05, 0) is 24.1 Å². The van der Waals surface area contributed by atoms with Crippen molar-refractivity contribution in [3.8, 4) is 0 Å². The normalized spacial score (nSPS) is 13.2. The highest BCUT2D eigenvalue weighted by Gasteiger charge is 2.17. The van der Waals surface area contributed by atoms with Crippen LogP contribution in [0.25, 0.3) is 0 Å². The zero-order chi connectivity index (χ0) is 15.5. The number of aryl methyl sites for hydroxylation is 1. The first-order chi connectivity index (χ1) is 10.6. The van der Waals surface area contributed by atoms with Gasteiger partial charge < -0.3 is 9.88 Å². The molecule has 22 heavy (non-hydrogen) atoms. The third-order valence-corrected chi connectivity index (χ3v) is 4.46. The Hall–Kier alpha value is -1.59. The zero-order valence-electron chi connectivity index (χ0n) is 12.0. The van der Waals surface area contributed by atoms with E-state index in [9.17, 15) is 4.79 Å². The molecule has 2 aromatic rings. The molecule has 0 aliphatic carbocycles. The van der Waals surface area contributed by atoms with E-state index in [1.54, 1.807) is 18.2 Å². The minimum Gasteiger partial charge on any atom is -0.355 e. The summed E-state index contributed by atoms with van der Waals surface area (Å²) in [4.78, 5) is 12.0. The third kappa shape index (κ3) is 3.25. The summed E-state index contributed by atoms with van der Waals surface area (Å²) in [5.41, 5.74) is 0.659. The van der Waals surface area contributed by atoms with Crippen molar-refractivity contribution in [1.82, 2.24) is 20.1 Å². The fourth-order valence-electron chi connectivity index (χ4n) is 2.63. The van der Waals surface area contributed by atoms with Crippen LogP contribution in [0.15, 0.2) is 18.2 Å². The van der Waals surface area contributed by atoms with Crippen LogP contribution < -0.4 is 5.32 Å². The number of carbonyl (C=O) groups is 1. The number of benzene rings is 1. The second-order valence-corrected chi connectivity index (χ2v) is 6.08. The van der Waals surface area contributed by atoms with Gasteiger partial charge in [0.05, 0.1) is 6.42 Å². The Balaban J connectivity index is 1.52. The first-order valence-electron chi connectivity index (χ1n) is 7.25. The minimum atomic E-state index is -0.101. The molecule has 0 saturated heterocycles. The Morgan fingerprint density at radius 1 is 1.27 bits per heavy atom. The number of amides is 1. The van der Waals surface area contributed by atoms with Crippen LogP contribution in [0.2, 0.25) is 10.0 Å². The van der Waals surface area contributed by atoms with Crippen LogP contribution in [0, 0.1) is 0 Å². The number of hydrogen-bond donors (Lipinski definition) is 1. The van der Waals surface area contributed by atoms with E-state index in [1.165, 1.54) is 0 Å². The number of carbonyl (C=O) groups excluding carboxylic acids is 1. The van der Waals surface area contributed by atoms with Crippen molar-refractivity contribution >= 4 is 29.1 Å². The first kappa shape index (κ1) is 15.3. The van der Waals surface area contributed by atoms with Crippen LogP contribution in [-0.4, -0.2) is 27.2 Å². The molecule has 0 saturated carbocycles. The Bertz CT molecular complexity index is 679. The van der Waals surface area contributed by atoms with Crippen molar-refractivity contribution in [1.29, 1.82) is 0 Å². The standard InChI is InChI=1S/C15H16Cl2N4O/c16-11-3-1-4-12(17)10(11)9-15(22)18-7-6-14-20-19-13-5-2-8-21(13)14/h1,3-4H,2,5-9H2,(H,18,22). The zero-order valence-corrected chi connectivity index (χ0v) is 13.5. The Morgan fingerprint density at radius 3 is 2.82 bits per heavy atom. The Kier molecular flexibility index (Phi) is 4.64. The van der Waals surface area contributed by atoms with Gasteiger partial charge in [0, 0.05) is 36.0 Å². The summed E-state index contributed by atoms with van der Waals surface area (Å²) in [6, 6.07) is 5.23. The van der Waals surface area contributed by atoms with E-state index in [2.05, 4.69) is 20.1 Å². The van der Waals surface area contributed by atoms with Gasteiger partial charge in [-0.3, -0.25) is 4.79 Å². The summed E-state index contributed by atoms with van der Waals surface area (Å²) in [7, 11) is 0. The lowest BCUT2D eigenvalue weighted by Gasteiger charge is -2.08. The van der Waals surface area contributed by atoms with E-state index in [1.807, 2.05) is 0 Å². The maximum Gasteiger partial charge on any atom is 0.224 e. The predicted octanol–water partition coefficient (Wildman–Crippen LogP) is 2.43. The molecule has 116 valence electrons. The van der Waals surface area contributed by atoms with Crippen molar-refractivity contribution in [2.24, 2.45) is 0 Å². The summed E-state index contributed by atoms with van der Waals surface area (Å²) < 4.78 is 2.14. The lowest BCUT2D eigenvalue weighted by atomic mass is 10.1. The third-order valence-electron chi connectivity index (χ3n) is 3.76. The maximum absolute atomic E-state index is 12.0. The monoisotopic (exact) mass is 338 g/mol. The van der Waals surface area contributed by atoms with Crippen LogP contribution in [0.3, 0.4) is 0 Å². The molecule has 5 nitrogen and oxygen atoms in total. The van der Waals surface area contributed by atoms with E-state index in [-0.39, 0.29) is 12.3 Å². The summed E-state index contributed by atoms with van der Waals surface area (Å²) in [6.45, 7) is 1.50. The number of fused-ring (bicyclic) bond motifs is 1. The van der Waals surface area contributed by atoms with E-state index in [0.717, 1.165) is 31.0 Å². The molecule has 2 heterocycles. The van der Waals surface area contributed by atoms with Crippen LogP contribution in [0.5, 0.6) is 0 Å². The summed E-state index contributed by atoms with van der Waals surface area (Å²) in [6.07, 6.45) is 2.96. The average molecular weight is 339 g/mol. The highest BCUT2D eigenvalue weighted by Crippen LogP contribution is 2.24. The van der Waals surface area contributed by atoms with Crippen molar-refractivity contribution < 1.29 is 4.79 Å². The fraction of sp³-hybridized carbons (Fsp3) is 0.400. The summed E-state index contributed by atoms with van der Waals surface area (Å²) in [5.74, 6) is 1.88. The smallest absolute Gasteiger partial charge is 0.224 e. The minimum absolute atomic E-state index is 0.101. The highest BCUT2D eigenvalue weighted by atomic mass is 35.5. The molecular formula is C15H16Cl2N4O. The Labute approximate surface area is 138 Å². The highest BCUT2D eigenvalue weighted by molar-refractivity contribution is 6.36. The fourth-order valence-corrected chi connectivity index (χ4v) is 3.16. The number of aromatic nitrogens is 3. The topological polar surface area (TPSA) is 59.8 Å². The molecular weight excluding hydrogens is 323 g/mol. The van der Waals surface area contributed by atoms with Crippen LogP contribution in [-0.2, 0) is 30.6 Å². The second-order valence-electron chi connectivity index (χ2n) is 5.26. The number of halogens is 2. The average Bonchev–Trinajstić information content (AvgIpc) is 3.08. The molecule has 1 aliphatic heterocycles. The molecule has 0 fully saturated rings. The molecule has 7 heteroatoms. The Morgan fingerprint density at radius 2 is 2.05 bits per heavy atom. The molecule has 1 aromatic carbocycles. The van der Waals surface area contributed by atoms with Crippen molar-refractivity contribution in [3.63, 3.8) is 0 Å². The van der Waals surface area contributed by atoms with Crippen molar-refractivity contribution in [2.75, 3.05) is 6.54 Å². The SMILES string of the molecule is O=C(Cc1c(Cl)cccc1Cl)NCCc1nnc2n1CCC2. The van der Waals surface area contributed by atoms with Crippen LogP contribution >= 0.6 is 23.2 Å². The predicted molar refractivity (Wildman–Crippen MR) is 85.2 cm³/mol. The molecule has 0 bridgehead atoms. The van der Waals surface area contributed by atoms with E-state index in [0.29, 0.717) is 28.6 Å². The number of nitrogens with one attached hydrogen (secondary N) is 1. The van der Waals surface area contributed by atoms with Gasteiger partial charge in [0.1, 0.15) is 11.6 Å². The quantitative estimate of drug-likeness (QED) is 0.910. The largest absolute Gasteiger partial charge is 0.355 e. The van der Waals surface area contributed by atoms with E-state index in [4.69, 9.17) is 23.2 Å². The van der Waals surface area contributed by atoms with Gasteiger partial charge >= 0.3 is 0 Å². The summed E-state index contributed by atoms with van der Waals surface area (Å²) >= 11 is 12.1. The lowest BCUT2D eigenvalue weighted by Crippen LogP contribution is -2.28. The van der Waals surface area contributed by atoms with Gasteiger partial charge in [-0.2, -0.15) is 0 Å². The molecule has 1 amide bonds. The molecule has 0 radical (unpaired) electrons. The van der Waals surface area contributed by atoms with Crippen LogP contribution in [0.4, 0.5) is 0 Å². The van der Waals surface area contributed by atoms with Gasteiger partial charge in [0.2, 0.25) is 5.91 Å². The number of rotatable bonds is 5. The molecule has 0 unspecified atom stereocenters. The summed E-state index contributed by atoms with van der Waals surface area (Å²) in [5, 5.41) is 12.2. The molecule has 1 aliphatic rings. The second kappa shape index (κ2) is 6.67. The molecule has 0 spiro atoms. The number of nitrogens with zero attached hydrogens (tertiary/aromatic N) is 3.